The molecule has 0 radical (unpaired) electrons. The highest BCUT2D eigenvalue weighted by molar-refractivity contribution is 5.12. The lowest BCUT2D eigenvalue weighted by molar-refractivity contribution is 0.163. The van der Waals surface area contributed by atoms with Crippen molar-refractivity contribution >= 4 is 0 Å². The van der Waals surface area contributed by atoms with Crippen molar-refractivity contribution in [2.75, 3.05) is 27.2 Å². The highest BCUT2D eigenvalue weighted by atomic mass is 16.3. The molecule has 4 nitrogen and oxygen atoms in total. The Morgan fingerprint density at radius 2 is 2.12 bits per heavy atom. The molecule has 1 unspecified atom stereocenters. The van der Waals surface area contributed by atoms with Crippen molar-refractivity contribution in [1.82, 2.24) is 9.80 Å². The van der Waals surface area contributed by atoms with Crippen LogP contribution >= 0.6 is 0 Å². The van der Waals surface area contributed by atoms with Crippen molar-refractivity contribution in [3.05, 3.63) is 23.7 Å². The summed E-state index contributed by atoms with van der Waals surface area (Å²) >= 11 is 0. The fourth-order valence-electron chi connectivity index (χ4n) is 2.04. The first kappa shape index (κ1) is 14.2. The second-order valence-electron chi connectivity index (χ2n) is 4.80. The van der Waals surface area contributed by atoms with Gasteiger partial charge in [0.25, 0.3) is 0 Å². The van der Waals surface area contributed by atoms with E-state index in [2.05, 4.69) is 37.7 Å². The van der Waals surface area contributed by atoms with Crippen molar-refractivity contribution in [2.45, 2.75) is 33.0 Å². The van der Waals surface area contributed by atoms with Crippen molar-refractivity contribution in [3.63, 3.8) is 0 Å². The molecule has 0 aliphatic heterocycles. The van der Waals surface area contributed by atoms with Crippen molar-refractivity contribution in [1.29, 1.82) is 0 Å². The Morgan fingerprint density at radius 1 is 1.41 bits per heavy atom. The average molecular weight is 239 g/mol. The van der Waals surface area contributed by atoms with Crippen LogP contribution in [0.5, 0.6) is 0 Å². The summed E-state index contributed by atoms with van der Waals surface area (Å²) in [5.41, 5.74) is 6.64. The van der Waals surface area contributed by atoms with E-state index in [9.17, 15) is 0 Å². The van der Waals surface area contributed by atoms with E-state index >= 15 is 0 Å². The third-order valence-electron chi connectivity index (χ3n) is 2.96. The van der Waals surface area contributed by atoms with Crippen LogP contribution in [0.2, 0.25) is 0 Å². The normalized spacial score (nSPS) is 13.6. The van der Waals surface area contributed by atoms with E-state index in [1.807, 2.05) is 6.07 Å². The highest BCUT2D eigenvalue weighted by Crippen LogP contribution is 2.12. The monoisotopic (exact) mass is 239 g/mol. The molecule has 0 amide bonds. The minimum Gasteiger partial charge on any atom is -0.468 e. The zero-order valence-corrected chi connectivity index (χ0v) is 11.4. The van der Waals surface area contributed by atoms with Crippen molar-refractivity contribution < 1.29 is 4.42 Å². The van der Waals surface area contributed by atoms with Gasteiger partial charge in [-0.1, -0.05) is 6.92 Å². The molecule has 98 valence electrons. The van der Waals surface area contributed by atoms with E-state index in [0.717, 1.165) is 31.0 Å². The SMILES string of the molecule is CCN(Cc1cc(CN)co1)C(C)CN(C)C. The summed E-state index contributed by atoms with van der Waals surface area (Å²) in [7, 11) is 4.20. The number of hydrogen-bond donors (Lipinski definition) is 1. The predicted octanol–water partition coefficient (Wildman–Crippen LogP) is 1.51. The van der Waals surface area contributed by atoms with Gasteiger partial charge in [-0.15, -0.1) is 0 Å². The molecule has 0 spiro atoms. The first-order valence-corrected chi connectivity index (χ1v) is 6.22. The van der Waals surface area contributed by atoms with Crippen molar-refractivity contribution in [2.24, 2.45) is 5.73 Å². The molecule has 0 fully saturated rings. The molecule has 1 aromatic rings. The quantitative estimate of drug-likeness (QED) is 0.783. The van der Waals surface area contributed by atoms with Gasteiger partial charge in [-0.2, -0.15) is 0 Å². The molecular formula is C13H25N3O. The second kappa shape index (κ2) is 6.79. The van der Waals surface area contributed by atoms with E-state index in [0.29, 0.717) is 12.6 Å². The fraction of sp³-hybridized carbons (Fsp3) is 0.692. The summed E-state index contributed by atoms with van der Waals surface area (Å²) in [5, 5.41) is 0. The van der Waals surface area contributed by atoms with Crippen LogP contribution in [-0.2, 0) is 13.1 Å². The molecule has 1 rings (SSSR count). The molecule has 17 heavy (non-hydrogen) atoms. The van der Waals surface area contributed by atoms with Crippen LogP contribution in [-0.4, -0.2) is 43.0 Å². The van der Waals surface area contributed by atoms with E-state index in [1.165, 1.54) is 0 Å². The van der Waals surface area contributed by atoms with Gasteiger partial charge < -0.3 is 15.1 Å². The van der Waals surface area contributed by atoms with Gasteiger partial charge in [0.2, 0.25) is 0 Å². The molecule has 0 aromatic carbocycles. The van der Waals surface area contributed by atoms with Gasteiger partial charge in [-0.05, 0) is 33.6 Å². The Balaban J connectivity index is 2.56. The van der Waals surface area contributed by atoms with Crippen LogP contribution < -0.4 is 5.73 Å². The summed E-state index contributed by atoms with van der Waals surface area (Å²) in [6.45, 7) is 7.90. The number of hydrogen-bond acceptors (Lipinski definition) is 4. The smallest absolute Gasteiger partial charge is 0.118 e. The molecule has 0 saturated carbocycles. The summed E-state index contributed by atoms with van der Waals surface area (Å²) < 4.78 is 5.51. The largest absolute Gasteiger partial charge is 0.468 e. The van der Waals surface area contributed by atoms with Crippen molar-refractivity contribution in [3.8, 4) is 0 Å². The Bertz CT molecular complexity index is 322. The lowest BCUT2D eigenvalue weighted by Gasteiger charge is -2.29. The Morgan fingerprint density at radius 3 is 2.59 bits per heavy atom. The molecule has 0 saturated heterocycles. The average Bonchev–Trinajstić information content (AvgIpc) is 2.72. The molecule has 2 N–H and O–H groups in total. The van der Waals surface area contributed by atoms with Crippen LogP contribution in [0.1, 0.15) is 25.2 Å². The van der Waals surface area contributed by atoms with Gasteiger partial charge in [-0.3, -0.25) is 4.90 Å². The molecule has 0 aliphatic rings. The van der Waals surface area contributed by atoms with E-state index in [4.69, 9.17) is 10.2 Å². The van der Waals surface area contributed by atoms with E-state index in [1.54, 1.807) is 6.26 Å². The van der Waals surface area contributed by atoms with Crippen LogP contribution in [0.3, 0.4) is 0 Å². The molecule has 1 heterocycles. The summed E-state index contributed by atoms with van der Waals surface area (Å²) in [6, 6.07) is 2.56. The Hall–Kier alpha value is -0.840. The molecule has 4 heteroatoms. The van der Waals surface area contributed by atoms with Gasteiger partial charge in [0, 0.05) is 24.7 Å². The zero-order valence-electron chi connectivity index (χ0n) is 11.4. The first-order valence-electron chi connectivity index (χ1n) is 6.22. The first-order chi connectivity index (χ1) is 8.06. The van der Waals surface area contributed by atoms with Crippen LogP contribution in [0, 0.1) is 0 Å². The summed E-state index contributed by atoms with van der Waals surface area (Å²) in [5.74, 6) is 0.998. The summed E-state index contributed by atoms with van der Waals surface area (Å²) in [6.07, 6.45) is 1.75. The molecule has 0 bridgehead atoms. The molecule has 1 atom stereocenters. The van der Waals surface area contributed by atoms with Crippen LogP contribution in [0.15, 0.2) is 16.7 Å². The zero-order chi connectivity index (χ0) is 12.8. The topological polar surface area (TPSA) is 45.6 Å². The van der Waals surface area contributed by atoms with E-state index in [-0.39, 0.29) is 0 Å². The third kappa shape index (κ3) is 4.50. The number of nitrogens with zero attached hydrogens (tertiary/aromatic N) is 2. The lowest BCUT2D eigenvalue weighted by Crippen LogP contribution is -2.39. The lowest BCUT2D eigenvalue weighted by atomic mass is 10.2. The number of furan rings is 1. The maximum absolute atomic E-state index is 5.57. The summed E-state index contributed by atoms with van der Waals surface area (Å²) in [4.78, 5) is 4.61. The maximum atomic E-state index is 5.57. The van der Waals surface area contributed by atoms with Gasteiger partial charge in [-0.25, -0.2) is 0 Å². The van der Waals surface area contributed by atoms with Gasteiger partial charge >= 0.3 is 0 Å². The number of rotatable bonds is 7. The van der Waals surface area contributed by atoms with Crippen LogP contribution in [0.4, 0.5) is 0 Å². The fourth-order valence-corrected chi connectivity index (χ4v) is 2.04. The Kier molecular flexibility index (Phi) is 5.68. The van der Waals surface area contributed by atoms with Gasteiger partial charge in [0.1, 0.15) is 5.76 Å². The second-order valence-corrected chi connectivity index (χ2v) is 4.80. The van der Waals surface area contributed by atoms with Gasteiger partial charge in [0.05, 0.1) is 12.8 Å². The molecule has 1 aromatic heterocycles. The standard InChI is InChI=1S/C13H25N3O/c1-5-16(11(2)8-15(3)4)9-13-6-12(7-14)10-17-13/h6,10-11H,5,7-9,14H2,1-4H3. The maximum Gasteiger partial charge on any atom is 0.118 e. The van der Waals surface area contributed by atoms with E-state index < -0.39 is 0 Å². The van der Waals surface area contributed by atoms with Gasteiger partial charge in [0.15, 0.2) is 0 Å². The molecule has 0 aliphatic carbocycles. The third-order valence-corrected chi connectivity index (χ3v) is 2.96. The Labute approximate surface area is 104 Å². The number of nitrogens with two attached hydrogens (primary N) is 1. The minimum atomic E-state index is 0.515. The highest BCUT2D eigenvalue weighted by Gasteiger charge is 2.14. The number of likely N-dealkylation sites (N-methyl/N-ethyl adjacent to an activating group) is 2. The van der Waals surface area contributed by atoms with Crippen LogP contribution in [0.25, 0.3) is 0 Å². The minimum absolute atomic E-state index is 0.515. The molecular weight excluding hydrogens is 214 g/mol. The predicted molar refractivity (Wildman–Crippen MR) is 70.7 cm³/mol.